The molecule has 3 atom stereocenters. The number of hydrogen-bond donors (Lipinski definition) is 3. The van der Waals surface area contributed by atoms with Crippen molar-refractivity contribution in [2.45, 2.75) is 46.1 Å². The largest absolute Gasteiger partial charge is 0.409 e. The Balaban J connectivity index is 2.51. The van der Waals surface area contributed by atoms with Crippen LogP contribution >= 0.6 is 0 Å². The first-order valence-corrected chi connectivity index (χ1v) is 6.21. The monoisotopic (exact) mass is 241 g/mol. The van der Waals surface area contributed by atoms with E-state index in [1.54, 1.807) is 6.92 Å². The minimum atomic E-state index is -0.576. The van der Waals surface area contributed by atoms with E-state index >= 15 is 0 Å². The second kappa shape index (κ2) is 5.89. The molecule has 3 unspecified atom stereocenters. The Morgan fingerprint density at radius 2 is 1.88 bits per heavy atom. The smallest absolute Gasteiger partial charge is 0.230 e. The third-order valence-electron chi connectivity index (χ3n) is 3.48. The zero-order valence-electron chi connectivity index (χ0n) is 10.8. The molecule has 0 aromatic rings. The van der Waals surface area contributed by atoms with Gasteiger partial charge in [0.05, 0.1) is 5.92 Å². The van der Waals surface area contributed by atoms with Gasteiger partial charge >= 0.3 is 0 Å². The number of rotatable bonds is 3. The van der Waals surface area contributed by atoms with Crippen molar-refractivity contribution in [2.75, 3.05) is 0 Å². The molecule has 1 aliphatic rings. The molecule has 1 saturated carbocycles. The molecule has 0 aliphatic heterocycles. The number of nitrogens with zero attached hydrogens (tertiary/aromatic N) is 1. The summed E-state index contributed by atoms with van der Waals surface area (Å²) in [6.07, 6.45) is 3.25. The van der Waals surface area contributed by atoms with E-state index in [1.165, 1.54) is 6.42 Å². The molecule has 1 amide bonds. The van der Waals surface area contributed by atoms with Crippen LogP contribution in [0.15, 0.2) is 5.16 Å². The van der Waals surface area contributed by atoms with Crippen molar-refractivity contribution < 1.29 is 10.0 Å². The summed E-state index contributed by atoms with van der Waals surface area (Å²) in [5.74, 6) is 0.505. The van der Waals surface area contributed by atoms with Crippen molar-refractivity contribution in [1.82, 2.24) is 5.32 Å². The van der Waals surface area contributed by atoms with Gasteiger partial charge in [-0.3, -0.25) is 4.79 Å². The lowest BCUT2D eigenvalue weighted by molar-refractivity contribution is -0.123. The number of hydrogen-bond acceptors (Lipinski definition) is 3. The maximum Gasteiger partial charge on any atom is 0.230 e. The van der Waals surface area contributed by atoms with Crippen LogP contribution in [0.2, 0.25) is 0 Å². The fourth-order valence-corrected chi connectivity index (χ4v) is 2.61. The van der Waals surface area contributed by atoms with Gasteiger partial charge < -0.3 is 16.3 Å². The van der Waals surface area contributed by atoms with Crippen LogP contribution in [0.3, 0.4) is 0 Å². The van der Waals surface area contributed by atoms with Crippen LogP contribution in [0.25, 0.3) is 0 Å². The van der Waals surface area contributed by atoms with E-state index in [-0.39, 0.29) is 17.8 Å². The van der Waals surface area contributed by atoms with Crippen LogP contribution in [0.5, 0.6) is 0 Å². The van der Waals surface area contributed by atoms with Gasteiger partial charge in [-0.25, -0.2) is 0 Å². The lowest BCUT2D eigenvalue weighted by atomic mass is 9.80. The highest BCUT2D eigenvalue weighted by atomic mass is 16.4. The molecule has 5 nitrogen and oxygen atoms in total. The van der Waals surface area contributed by atoms with Gasteiger partial charge in [0, 0.05) is 6.04 Å². The second-order valence-electron chi connectivity index (χ2n) is 5.37. The van der Waals surface area contributed by atoms with E-state index in [4.69, 9.17) is 10.9 Å². The summed E-state index contributed by atoms with van der Waals surface area (Å²) in [5.41, 5.74) is 5.42. The van der Waals surface area contributed by atoms with Crippen LogP contribution in [-0.2, 0) is 4.79 Å². The number of carbonyl (C=O) groups is 1. The van der Waals surface area contributed by atoms with Crippen LogP contribution in [-0.4, -0.2) is 23.0 Å². The number of amidine groups is 1. The first kappa shape index (κ1) is 13.8. The number of amides is 1. The third kappa shape index (κ3) is 3.91. The van der Waals surface area contributed by atoms with Crippen molar-refractivity contribution in [2.24, 2.45) is 28.6 Å². The molecule has 0 bridgehead atoms. The maximum absolute atomic E-state index is 11.8. The lowest BCUT2D eigenvalue weighted by Gasteiger charge is -2.32. The highest BCUT2D eigenvalue weighted by Crippen LogP contribution is 2.28. The zero-order chi connectivity index (χ0) is 13.0. The van der Waals surface area contributed by atoms with Gasteiger partial charge in [-0.15, -0.1) is 0 Å². The molecule has 1 aliphatic carbocycles. The molecule has 0 aromatic carbocycles. The van der Waals surface area contributed by atoms with Gasteiger partial charge in [0.25, 0.3) is 0 Å². The number of nitrogens with two attached hydrogens (primary N) is 1. The fourth-order valence-electron chi connectivity index (χ4n) is 2.61. The maximum atomic E-state index is 11.8. The first-order valence-electron chi connectivity index (χ1n) is 6.21. The van der Waals surface area contributed by atoms with Crippen LogP contribution in [0.1, 0.15) is 40.0 Å². The number of oxime groups is 1. The number of nitrogens with one attached hydrogen (secondary N) is 1. The zero-order valence-corrected chi connectivity index (χ0v) is 10.8. The molecule has 5 heteroatoms. The molecule has 0 radical (unpaired) electrons. The van der Waals surface area contributed by atoms with E-state index in [9.17, 15) is 4.79 Å². The van der Waals surface area contributed by atoms with Gasteiger partial charge in [0.2, 0.25) is 5.91 Å². The summed E-state index contributed by atoms with van der Waals surface area (Å²) in [6.45, 7) is 6.06. The van der Waals surface area contributed by atoms with Gasteiger partial charge in [0.1, 0.15) is 0 Å². The Kier molecular flexibility index (Phi) is 4.78. The first-order chi connectivity index (χ1) is 7.93. The molecule has 0 aromatic heterocycles. The van der Waals surface area contributed by atoms with Gasteiger partial charge in [-0.2, -0.15) is 0 Å². The standard InChI is InChI=1S/C12H23N3O2/c1-7-4-8(2)6-10(5-7)14-12(16)9(3)11(13)15-17/h7-10,17H,4-6H2,1-3H3,(H2,13,15)(H,14,16). The van der Waals surface area contributed by atoms with Crippen LogP contribution < -0.4 is 11.1 Å². The summed E-state index contributed by atoms with van der Waals surface area (Å²) < 4.78 is 0. The summed E-state index contributed by atoms with van der Waals surface area (Å²) in [4.78, 5) is 11.8. The second-order valence-corrected chi connectivity index (χ2v) is 5.37. The third-order valence-corrected chi connectivity index (χ3v) is 3.48. The average molecular weight is 241 g/mol. The van der Waals surface area contributed by atoms with E-state index in [2.05, 4.69) is 24.3 Å². The van der Waals surface area contributed by atoms with Gasteiger partial charge in [0.15, 0.2) is 5.84 Å². The average Bonchev–Trinajstić information content (AvgIpc) is 2.25. The molecule has 1 rings (SSSR count). The van der Waals surface area contributed by atoms with E-state index in [1.807, 2.05) is 0 Å². The number of carbonyl (C=O) groups excluding carboxylic acids is 1. The van der Waals surface area contributed by atoms with Crippen molar-refractivity contribution in [3.8, 4) is 0 Å². The highest BCUT2D eigenvalue weighted by molar-refractivity contribution is 6.01. The van der Waals surface area contributed by atoms with Crippen molar-refractivity contribution in [3.63, 3.8) is 0 Å². The molecule has 0 heterocycles. The minimum Gasteiger partial charge on any atom is -0.409 e. The predicted octanol–water partition coefficient (Wildman–Crippen LogP) is 1.31. The molecular formula is C12H23N3O2. The quantitative estimate of drug-likeness (QED) is 0.301. The molecule has 0 spiro atoms. The van der Waals surface area contributed by atoms with E-state index in [0.717, 1.165) is 12.8 Å². The molecule has 98 valence electrons. The molecular weight excluding hydrogens is 218 g/mol. The van der Waals surface area contributed by atoms with Crippen LogP contribution in [0.4, 0.5) is 0 Å². The lowest BCUT2D eigenvalue weighted by Crippen LogP contribution is -2.45. The molecule has 0 saturated heterocycles. The summed E-state index contributed by atoms with van der Waals surface area (Å²) in [7, 11) is 0. The summed E-state index contributed by atoms with van der Waals surface area (Å²) in [6, 6.07) is 0.218. The van der Waals surface area contributed by atoms with E-state index in [0.29, 0.717) is 11.8 Å². The Morgan fingerprint density at radius 3 is 2.35 bits per heavy atom. The topological polar surface area (TPSA) is 87.7 Å². The SMILES string of the molecule is CC1CC(C)CC(NC(=O)C(C)C(N)=NO)C1. The highest BCUT2D eigenvalue weighted by Gasteiger charge is 2.27. The van der Waals surface area contributed by atoms with Crippen molar-refractivity contribution in [3.05, 3.63) is 0 Å². The minimum absolute atomic E-state index is 0.0422. The predicted molar refractivity (Wildman–Crippen MR) is 66.7 cm³/mol. The molecule has 17 heavy (non-hydrogen) atoms. The van der Waals surface area contributed by atoms with E-state index < -0.39 is 5.92 Å². The van der Waals surface area contributed by atoms with Crippen LogP contribution in [0, 0.1) is 17.8 Å². The Morgan fingerprint density at radius 1 is 1.35 bits per heavy atom. The normalized spacial score (nSPS) is 31.9. The summed E-state index contributed by atoms with van der Waals surface area (Å²) >= 11 is 0. The van der Waals surface area contributed by atoms with Gasteiger partial charge in [-0.1, -0.05) is 19.0 Å². The Bertz CT molecular complexity index is 294. The summed E-state index contributed by atoms with van der Waals surface area (Å²) in [5, 5.41) is 14.4. The fraction of sp³-hybridized carbons (Fsp3) is 0.833. The molecule has 1 fully saturated rings. The van der Waals surface area contributed by atoms with Crippen molar-refractivity contribution in [1.29, 1.82) is 0 Å². The van der Waals surface area contributed by atoms with Crippen molar-refractivity contribution >= 4 is 11.7 Å². The Labute approximate surface area is 102 Å². The van der Waals surface area contributed by atoms with Gasteiger partial charge in [-0.05, 0) is 38.0 Å². The Hall–Kier alpha value is -1.26. The molecule has 4 N–H and O–H groups in total.